The number of rotatable bonds is 3. The molecule has 0 aromatic heterocycles. The highest BCUT2D eigenvalue weighted by molar-refractivity contribution is 7.80. The second kappa shape index (κ2) is 5.46. The monoisotopic (exact) mass is 240 g/mol. The third-order valence-corrected chi connectivity index (χ3v) is 4.80. The van der Waals surface area contributed by atoms with Gasteiger partial charge in [0.2, 0.25) is 0 Å². The second-order valence-corrected chi connectivity index (χ2v) is 6.13. The van der Waals surface area contributed by atoms with E-state index in [1.807, 2.05) is 0 Å². The van der Waals surface area contributed by atoms with Gasteiger partial charge in [-0.25, -0.2) is 0 Å². The highest BCUT2D eigenvalue weighted by Crippen LogP contribution is 2.36. The maximum Gasteiger partial charge on any atom is 0.0768 e. The second-order valence-electron chi connectivity index (χ2n) is 5.66. The fourth-order valence-electron chi connectivity index (χ4n) is 3.32. The third kappa shape index (κ3) is 2.95. The summed E-state index contributed by atoms with van der Waals surface area (Å²) in [6.07, 6.45) is 7.23. The van der Waals surface area contributed by atoms with Crippen molar-refractivity contribution in [3.63, 3.8) is 0 Å². The molecule has 0 bridgehead atoms. The van der Waals surface area contributed by atoms with Crippen LogP contribution in [0.15, 0.2) is 0 Å². The van der Waals surface area contributed by atoms with Gasteiger partial charge in [0, 0.05) is 19.0 Å². The van der Waals surface area contributed by atoms with Crippen LogP contribution in [0.25, 0.3) is 0 Å². The molecule has 1 saturated carbocycles. The number of hydrogen-bond acceptors (Lipinski definition) is 2. The SMILES string of the molecule is CC(CN1CCC2CCCCC2C1)C(N)=S. The zero-order valence-electron chi connectivity index (χ0n) is 10.3. The molecule has 3 heteroatoms. The van der Waals surface area contributed by atoms with Crippen LogP contribution in [0.5, 0.6) is 0 Å². The van der Waals surface area contributed by atoms with Gasteiger partial charge in [-0.05, 0) is 31.2 Å². The fourth-order valence-corrected chi connectivity index (χ4v) is 3.39. The summed E-state index contributed by atoms with van der Waals surface area (Å²) in [7, 11) is 0. The molecule has 1 heterocycles. The zero-order valence-corrected chi connectivity index (χ0v) is 11.1. The van der Waals surface area contributed by atoms with Gasteiger partial charge in [0.15, 0.2) is 0 Å². The highest BCUT2D eigenvalue weighted by Gasteiger charge is 2.31. The van der Waals surface area contributed by atoms with E-state index >= 15 is 0 Å². The predicted molar refractivity (Wildman–Crippen MR) is 72.5 cm³/mol. The van der Waals surface area contributed by atoms with Crippen LogP contribution in [-0.2, 0) is 0 Å². The van der Waals surface area contributed by atoms with Gasteiger partial charge in [0.25, 0.3) is 0 Å². The summed E-state index contributed by atoms with van der Waals surface area (Å²) < 4.78 is 0. The van der Waals surface area contributed by atoms with Gasteiger partial charge < -0.3 is 10.6 Å². The van der Waals surface area contributed by atoms with Crippen molar-refractivity contribution in [1.82, 2.24) is 4.90 Å². The molecule has 0 aromatic rings. The summed E-state index contributed by atoms with van der Waals surface area (Å²) >= 11 is 5.05. The minimum atomic E-state index is 0.371. The number of nitrogens with two attached hydrogens (primary N) is 1. The van der Waals surface area contributed by atoms with Gasteiger partial charge in [0.1, 0.15) is 0 Å². The number of thiocarbonyl (C=S) groups is 1. The van der Waals surface area contributed by atoms with Gasteiger partial charge in [-0.1, -0.05) is 38.4 Å². The van der Waals surface area contributed by atoms with Crippen molar-refractivity contribution >= 4 is 17.2 Å². The molecule has 0 amide bonds. The molecule has 16 heavy (non-hydrogen) atoms. The average Bonchev–Trinajstić information content (AvgIpc) is 2.28. The number of piperidine rings is 1. The first-order valence-electron chi connectivity index (χ1n) is 6.68. The largest absolute Gasteiger partial charge is 0.393 e. The Morgan fingerprint density at radius 1 is 1.31 bits per heavy atom. The number of likely N-dealkylation sites (tertiary alicyclic amines) is 1. The molecule has 3 atom stereocenters. The molecule has 2 fully saturated rings. The Kier molecular flexibility index (Phi) is 4.20. The van der Waals surface area contributed by atoms with E-state index in [-0.39, 0.29) is 0 Å². The first-order chi connectivity index (χ1) is 7.66. The maximum atomic E-state index is 5.69. The molecule has 2 rings (SSSR count). The molecule has 2 nitrogen and oxygen atoms in total. The summed E-state index contributed by atoms with van der Waals surface area (Å²) in [6.45, 7) is 5.76. The van der Waals surface area contributed by atoms with Crippen LogP contribution in [0.1, 0.15) is 39.0 Å². The van der Waals surface area contributed by atoms with Gasteiger partial charge >= 0.3 is 0 Å². The van der Waals surface area contributed by atoms with Crippen LogP contribution in [0, 0.1) is 17.8 Å². The van der Waals surface area contributed by atoms with Crippen molar-refractivity contribution < 1.29 is 0 Å². The van der Waals surface area contributed by atoms with E-state index in [0.717, 1.165) is 18.4 Å². The van der Waals surface area contributed by atoms with Crippen molar-refractivity contribution in [3.05, 3.63) is 0 Å². The molecule has 0 aromatic carbocycles. The standard InChI is InChI=1S/C13H24N2S/c1-10(13(14)16)8-15-7-6-11-4-2-3-5-12(11)9-15/h10-12H,2-9H2,1H3,(H2,14,16). The van der Waals surface area contributed by atoms with Crippen molar-refractivity contribution in [2.75, 3.05) is 19.6 Å². The normalized spacial score (nSPS) is 33.1. The lowest BCUT2D eigenvalue weighted by atomic mass is 9.75. The molecular formula is C13H24N2S. The molecule has 2 N–H and O–H groups in total. The highest BCUT2D eigenvalue weighted by atomic mass is 32.1. The topological polar surface area (TPSA) is 29.3 Å². The third-order valence-electron chi connectivity index (χ3n) is 4.39. The smallest absolute Gasteiger partial charge is 0.0768 e. The summed E-state index contributed by atoms with van der Waals surface area (Å²) in [5, 5.41) is 0. The number of nitrogens with zero attached hydrogens (tertiary/aromatic N) is 1. The lowest BCUT2D eigenvalue weighted by Crippen LogP contribution is -2.44. The summed E-state index contributed by atoms with van der Waals surface area (Å²) in [6, 6.07) is 0. The Balaban J connectivity index is 1.83. The van der Waals surface area contributed by atoms with Crippen molar-refractivity contribution in [3.8, 4) is 0 Å². The zero-order chi connectivity index (χ0) is 11.5. The van der Waals surface area contributed by atoms with Gasteiger partial charge in [-0.15, -0.1) is 0 Å². The quantitative estimate of drug-likeness (QED) is 0.768. The number of fused-ring (bicyclic) bond motifs is 1. The maximum absolute atomic E-state index is 5.69. The van der Waals surface area contributed by atoms with Crippen LogP contribution in [0.4, 0.5) is 0 Å². The summed E-state index contributed by atoms with van der Waals surface area (Å²) in [5.74, 6) is 2.35. The molecular weight excluding hydrogens is 216 g/mol. The van der Waals surface area contributed by atoms with Gasteiger partial charge in [-0.3, -0.25) is 0 Å². The van der Waals surface area contributed by atoms with Crippen molar-refractivity contribution in [2.45, 2.75) is 39.0 Å². The Morgan fingerprint density at radius 3 is 2.69 bits per heavy atom. The lowest BCUT2D eigenvalue weighted by Gasteiger charge is -2.42. The minimum Gasteiger partial charge on any atom is -0.393 e. The van der Waals surface area contributed by atoms with E-state index in [0.29, 0.717) is 10.9 Å². The van der Waals surface area contributed by atoms with Gasteiger partial charge in [-0.2, -0.15) is 0 Å². The van der Waals surface area contributed by atoms with Crippen LogP contribution < -0.4 is 5.73 Å². The molecule has 0 radical (unpaired) electrons. The Bertz CT molecular complexity index is 254. The van der Waals surface area contributed by atoms with Crippen LogP contribution in [0.2, 0.25) is 0 Å². The molecule has 1 aliphatic heterocycles. The molecule has 3 unspecified atom stereocenters. The van der Waals surface area contributed by atoms with Gasteiger partial charge in [0.05, 0.1) is 4.99 Å². The molecule has 0 spiro atoms. The van der Waals surface area contributed by atoms with E-state index in [2.05, 4.69) is 11.8 Å². The molecule has 2 aliphatic rings. The Labute approximate surface area is 105 Å². The Hall–Kier alpha value is -0.150. The van der Waals surface area contributed by atoms with E-state index in [1.54, 1.807) is 0 Å². The first-order valence-corrected chi connectivity index (χ1v) is 7.09. The molecule has 1 aliphatic carbocycles. The summed E-state index contributed by atoms with van der Waals surface area (Å²) in [4.78, 5) is 3.25. The van der Waals surface area contributed by atoms with E-state index in [4.69, 9.17) is 18.0 Å². The van der Waals surface area contributed by atoms with E-state index < -0.39 is 0 Å². The van der Waals surface area contributed by atoms with E-state index in [9.17, 15) is 0 Å². The van der Waals surface area contributed by atoms with Crippen LogP contribution >= 0.6 is 12.2 Å². The minimum absolute atomic E-state index is 0.371. The summed E-state index contributed by atoms with van der Waals surface area (Å²) in [5.41, 5.74) is 5.69. The first kappa shape index (κ1) is 12.3. The Morgan fingerprint density at radius 2 is 2.00 bits per heavy atom. The van der Waals surface area contributed by atoms with E-state index in [1.165, 1.54) is 45.2 Å². The van der Waals surface area contributed by atoms with Crippen LogP contribution in [0.3, 0.4) is 0 Å². The molecule has 92 valence electrons. The van der Waals surface area contributed by atoms with Crippen LogP contribution in [-0.4, -0.2) is 29.5 Å². The fraction of sp³-hybridized carbons (Fsp3) is 0.923. The average molecular weight is 240 g/mol. The van der Waals surface area contributed by atoms with Crippen molar-refractivity contribution in [1.29, 1.82) is 0 Å². The lowest BCUT2D eigenvalue weighted by molar-refractivity contribution is 0.0828. The predicted octanol–water partition coefficient (Wildman–Crippen LogP) is 2.42. The molecule has 1 saturated heterocycles. The number of hydrogen-bond donors (Lipinski definition) is 1. The van der Waals surface area contributed by atoms with Crippen molar-refractivity contribution in [2.24, 2.45) is 23.5 Å².